The van der Waals surface area contributed by atoms with E-state index in [0.29, 0.717) is 5.41 Å². The third kappa shape index (κ3) is 1.81. The maximum Gasteiger partial charge on any atom is 0.00809 e. The highest BCUT2D eigenvalue weighted by molar-refractivity contribution is 5.32. The Kier molecular flexibility index (Phi) is 2.83. The first-order valence-corrected chi connectivity index (χ1v) is 5.97. The van der Waals surface area contributed by atoms with Crippen LogP contribution in [0.1, 0.15) is 37.3 Å². The van der Waals surface area contributed by atoms with Gasteiger partial charge in [-0.15, -0.1) is 0 Å². The highest BCUT2D eigenvalue weighted by atomic mass is 14.6. The van der Waals surface area contributed by atoms with Crippen LogP contribution < -0.4 is 5.73 Å². The van der Waals surface area contributed by atoms with Crippen molar-refractivity contribution in [2.45, 2.75) is 38.5 Å². The van der Waals surface area contributed by atoms with E-state index in [2.05, 4.69) is 38.1 Å². The molecule has 0 aromatic heterocycles. The average Bonchev–Trinajstić information content (AvgIpc) is 2.18. The Balaban J connectivity index is 2.21. The molecular formula is C14H21N. The van der Waals surface area contributed by atoms with E-state index >= 15 is 0 Å². The predicted molar refractivity (Wildman–Crippen MR) is 64.9 cm³/mol. The van der Waals surface area contributed by atoms with E-state index < -0.39 is 0 Å². The van der Waals surface area contributed by atoms with Crippen LogP contribution in [0, 0.1) is 12.8 Å². The molecule has 0 spiro atoms. The lowest BCUT2D eigenvalue weighted by atomic mass is 9.58. The molecule has 2 N–H and O–H groups in total. The van der Waals surface area contributed by atoms with Crippen LogP contribution in [0.3, 0.4) is 0 Å². The zero-order valence-electron chi connectivity index (χ0n) is 9.79. The molecule has 0 radical (unpaired) electrons. The van der Waals surface area contributed by atoms with Gasteiger partial charge in [-0.05, 0) is 31.2 Å². The number of aryl methyl sites for hydroxylation is 1. The topological polar surface area (TPSA) is 26.0 Å². The summed E-state index contributed by atoms with van der Waals surface area (Å²) in [4.78, 5) is 0. The molecule has 1 nitrogen and oxygen atoms in total. The van der Waals surface area contributed by atoms with Crippen molar-refractivity contribution in [2.75, 3.05) is 6.54 Å². The fourth-order valence-electron chi connectivity index (χ4n) is 2.83. The second-order valence-corrected chi connectivity index (χ2v) is 5.04. The maximum atomic E-state index is 5.97. The van der Waals surface area contributed by atoms with Gasteiger partial charge in [-0.2, -0.15) is 0 Å². The molecule has 1 aromatic rings. The third-order valence-electron chi connectivity index (χ3n) is 3.96. The van der Waals surface area contributed by atoms with Gasteiger partial charge in [0.25, 0.3) is 0 Å². The lowest BCUT2D eigenvalue weighted by molar-refractivity contribution is 0.144. The molecule has 1 fully saturated rings. The molecule has 2 rings (SSSR count). The molecule has 0 aliphatic heterocycles. The first-order valence-electron chi connectivity index (χ1n) is 5.97. The molecular weight excluding hydrogens is 182 g/mol. The monoisotopic (exact) mass is 203 g/mol. The highest BCUT2D eigenvalue weighted by Gasteiger charge is 2.43. The van der Waals surface area contributed by atoms with Gasteiger partial charge in [0.05, 0.1) is 0 Å². The van der Waals surface area contributed by atoms with Gasteiger partial charge < -0.3 is 5.73 Å². The summed E-state index contributed by atoms with van der Waals surface area (Å²) in [5.74, 6) is 0.897. The Bertz CT molecular complexity index is 337. The van der Waals surface area contributed by atoms with Gasteiger partial charge in [0.15, 0.2) is 0 Å². The van der Waals surface area contributed by atoms with Crippen LogP contribution in [-0.2, 0) is 5.41 Å². The predicted octanol–water partition coefficient (Wildman–Crippen LogP) is 3.01. The molecule has 0 amide bonds. The van der Waals surface area contributed by atoms with Crippen LogP contribution in [-0.4, -0.2) is 6.54 Å². The molecule has 1 heteroatoms. The van der Waals surface area contributed by atoms with Crippen molar-refractivity contribution in [3.05, 3.63) is 35.4 Å². The number of nitrogens with two attached hydrogens (primary N) is 1. The van der Waals surface area contributed by atoms with Gasteiger partial charge in [0.1, 0.15) is 0 Å². The van der Waals surface area contributed by atoms with Gasteiger partial charge in [-0.1, -0.05) is 43.2 Å². The third-order valence-corrected chi connectivity index (χ3v) is 3.96. The lowest BCUT2D eigenvalue weighted by Gasteiger charge is -2.47. The van der Waals surface area contributed by atoms with E-state index in [4.69, 9.17) is 5.73 Å². The first kappa shape index (κ1) is 10.7. The number of hydrogen-bond acceptors (Lipinski definition) is 1. The molecule has 1 saturated carbocycles. The van der Waals surface area contributed by atoms with Gasteiger partial charge in [0.2, 0.25) is 0 Å². The van der Waals surface area contributed by atoms with E-state index in [-0.39, 0.29) is 0 Å². The molecule has 0 heterocycles. The van der Waals surface area contributed by atoms with E-state index in [9.17, 15) is 0 Å². The van der Waals surface area contributed by atoms with Crippen LogP contribution in [0.4, 0.5) is 0 Å². The van der Waals surface area contributed by atoms with E-state index in [1.54, 1.807) is 0 Å². The minimum atomic E-state index is 0.298. The Morgan fingerprint density at radius 1 is 1.40 bits per heavy atom. The van der Waals surface area contributed by atoms with Crippen LogP contribution in [0.5, 0.6) is 0 Å². The Morgan fingerprint density at radius 3 is 2.67 bits per heavy atom. The molecule has 0 atom stereocenters. The molecule has 1 aliphatic rings. The van der Waals surface area contributed by atoms with E-state index in [1.807, 2.05) is 0 Å². The summed E-state index contributed by atoms with van der Waals surface area (Å²) >= 11 is 0. The summed E-state index contributed by atoms with van der Waals surface area (Å²) in [6, 6.07) is 8.86. The summed E-state index contributed by atoms with van der Waals surface area (Å²) in [7, 11) is 0. The molecule has 0 unspecified atom stereocenters. The minimum Gasteiger partial charge on any atom is -0.330 e. The summed E-state index contributed by atoms with van der Waals surface area (Å²) in [6.07, 6.45) is 3.86. The van der Waals surface area contributed by atoms with Crippen molar-refractivity contribution in [2.24, 2.45) is 11.7 Å². The van der Waals surface area contributed by atoms with E-state index in [0.717, 1.165) is 12.5 Å². The molecule has 0 bridgehead atoms. The smallest absolute Gasteiger partial charge is 0.00809 e. The summed E-state index contributed by atoms with van der Waals surface area (Å²) in [5, 5.41) is 0. The number of benzene rings is 1. The minimum absolute atomic E-state index is 0.298. The maximum absolute atomic E-state index is 5.97. The van der Waals surface area contributed by atoms with Crippen molar-refractivity contribution in [3.8, 4) is 0 Å². The standard InChI is InChI=1S/C14H21N/c1-3-12-8-14(9-12,10-15)13-6-4-5-11(2)7-13/h4-7,12H,3,8-10,15H2,1-2H3. The van der Waals surface area contributed by atoms with Crippen molar-refractivity contribution in [3.63, 3.8) is 0 Å². The van der Waals surface area contributed by atoms with Crippen molar-refractivity contribution in [1.29, 1.82) is 0 Å². The van der Waals surface area contributed by atoms with Gasteiger partial charge in [-0.25, -0.2) is 0 Å². The molecule has 82 valence electrons. The zero-order valence-corrected chi connectivity index (χ0v) is 9.79. The lowest BCUT2D eigenvalue weighted by Crippen LogP contribution is -2.46. The second-order valence-electron chi connectivity index (χ2n) is 5.04. The second kappa shape index (κ2) is 3.97. The Hall–Kier alpha value is -0.820. The van der Waals surface area contributed by atoms with Gasteiger partial charge in [0, 0.05) is 12.0 Å². The quantitative estimate of drug-likeness (QED) is 0.803. The van der Waals surface area contributed by atoms with Gasteiger partial charge >= 0.3 is 0 Å². The molecule has 15 heavy (non-hydrogen) atoms. The van der Waals surface area contributed by atoms with Crippen LogP contribution in [0.25, 0.3) is 0 Å². The van der Waals surface area contributed by atoms with Crippen LogP contribution >= 0.6 is 0 Å². The summed E-state index contributed by atoms with van der Waals surface area (Å²) in [6.45, 7) is 5.23. The Labute approximate surface area is 92.7 Å². The zero-order chi connectivity index (χ0) is 10.9. The highest BCUT2D eigenvalue weighted by Crippen LogP contribution is 2.48. The van der Waals surface area contributed by atoms with Crippen molar-refractivity contribution in [1.82, 2.24) is 0 Å². The van der Waals surface area contributed by atoms with Crippen LogP contribution in [0.15, 0.2) is 24.3 Å². The fourth-order valence-corrected chi connectivity index (χ4v) is 2.83. The van der Waals surface area contributed by atoms with Crippen molar-refractivity contribution >= 4 is 0 Å². The SMILES string of the molecule is CCC1CC(CN)(c2cccc(C)c2)C1. The Morgan fingerprint density at radius 2 is 2.13 bits per heavy atom. The first-order chi connectivity index (χ1) is 7.20. The number of hydrogen-bond donors (Lipinski definition) is 1. The molecule has 1 aromatic carbocycles. The largest absolute Gasteiger partial charge is 0.330 e. The molecule has 0 saturated heterocycles. The number of rotatable bonds is 3. The normalized spacial score (nSPS) is 29.9. The molecule has 1 aliphatic carbocycles. The van der Waals surface area contributed by atoms with Crippen molar-refractivity contribution < 1.29 is 0 Å². The summed E-state index contributed by atoms with van der Waals surface area (Å²) in [5.41, 5.74) is 9.07. The average molecular weight is 203 g/mol. The summed E-state index contributed by atoms with van der Waals surface area (Å²) < 4.78 is 0. The van der Waals surface area contributed by atoms with Gasteiger partial charge in [-0.3, -0.25) is 0 Å². The van der Waals surface area contributed by atoms with Crippen LogP contribution in [0.2, 0.25) is 0 Å². The van der Waals surface area contributed by atoms with E-state index in [1.165, 1.54) is 30.4 Å². The fraction of sp³-hybridized carbons (Fsp3) is 0.571.